The molecular weight excluding hydrogens is 220 g/mol. The van der Waals surface area contributed by atoms with Gasteiger partial charge in [-0.25, -0.2) is 0 Å². The number of hydrogen-bond donors (Lipinski definition) is 0. The van der Waals surface area contributed by atoms with Crippen molar-refractivity contribution in [3.8, 4) is 11.1 Å². The normalized spacial score (nSPS) is 17.4. The van der Waals surface area contributed by atoms with E-state index in [0.717, 1.165) is 0 Å². The first-order chi connectivity index (χ1) is 8.81. The van der Waals surface area contributed by atoms with E-state index in [0.29, 0.717) is 0 Å². The first kappa shape index (κ1) is 11.2. The first-order valence-electron chi connectivity index (χ1n) is 6.20. The molecule has 0 heterocycles. The molecule has 0 saturated heterocycles. The molecule has 90 valence electrons. The molecule has 2 aromatic rings. The molecular formula is C17H16O. The minimum Gasteiger partial charge on any atom is -0.372 e. The van der Waals surface area contributed by atoms with E-state index in [1.807, 2.05) is 6.07 Å². The van der Waals surface area contributed by atoms with E-state index in [9.17, 15) is 0 Å². The topological polar surface area (TPSA) is 9.23 Å². The number of hydrogen-bond acceptors (Lipinski definition) is 1. The van der Waals surface area contributed by atoms with Crippen LogP contribution in [0.15, 0.2) is 54.1 Å². The lowest BCUT2D eigenvalue weighted by atomic mass is 9.96. The van der Waals surface area contributed by atoms with Gasteiger partial charge in [0.15, 0.2) is 0 Å². The fraction of sp³-hybridized carbons (Fsp3) is 0.176. The highest BCUT2D eigenvalue weighted by molar-refractivity contribution is 5.81. The summed E-state index contributed by atoms with van der Waals surface area (Å²) < 4.78 is 5.57. The van der Waals surface area contributed by atoms with Crippen LogP contribution >= 0.6 is 0 Å². The molecule has 18 heavy (non-hydrogen) atoms. The van der Waals surface area contributed by atoms with Crippen molar-refractivity contribution in [1.82, 2.24) is 0 Å². The van der Waals surface area contributed by atoms with Crippen molar-refractivity contribution in [2.24, 2.45) is 0 Å². The summed E-state index contributed by atoms with van der Waals surface area (Å²) in [6, 6.07) is 16.9. The first-order valence-corrected chi connectivity index (χ1v) is 6.20. The van der Waals surface area contributed by atoms with Gasteiger partial charge in [0.2, 0.25) is 0 Å². The maximum Gasteiger partial charge on any atom is 0.104 e. The molecule has 1 aliphatic carbocycles. The maximum absolute atomic E-state index is 5.57. The second-order valence-corrected chi connectivity index (χ2v) is 4.68. The van der Waals surface area contributed by atoms with Crippen molar-refractivity contribution >= 4 is 6.08 Å². The van der Waals surface area contributed by atoms with Gasteiger partial charge in [0.1, 0.15) is 6.10 Å². The zero-order valence-electron chi connectivity index (χ0n) is 10.7. The van der Waals surface area contributed by atoms with Gasteiger partial charge < -0.3 is 4.74 Å². The molecule has 1 unspecified atom stereocenters. The second kappa shape index (κ2) is 4.43. The summed E-state index contributed by atoms with van der Waals surface area (Å²) in [5.41, 5.74) is 6.39. The smallest absolute Gasteiger partial charge is 0.104 e. The lowest BCUT2D eigenvalue weighted by molar-refractivity contribution is 0.136. The highest BCUT2D eigenvalue weighted by Gasteiger charge is 2.24. The molecule has 0 aromatic heterocycles. The van der Waals surface area contributed by atoms with Gasteiger partial charge in [0, 0.05) is 7.11 Å². The van der Waals surface area contributed by atoms with E-state index in [-0.39, 0.29) is 6.10 Å². The molecule has 0 N–H and O–H groups in total. The molecule has 1 heteroatoms. The van der Waals surface area contributed by atoms with Crippen LogP contribution in [0.1, 0.15) is 24.2 Å². The summed E-state index contributed by atoms with van der Waals surface area (Å²) in [4.78, 5) is 0. The fourth-order valence-electron chi connectivity index (χ4n) is 2.70. The Morgan fingerprint density at radius 3 is 2.44 bits per heavy atom. The Labute approximate surface area is 108 Å². The van der Waals surface area contributed by atoms with Crippen LogP contribution in [0, 0.1) is 0 Å². The van der Waals surface area contributed by atoms with E-state index in [1.54, 1.807) is 7.11 Å². The number of rotatable bonds is 2. The van der Waals surface area contributed by atoms with Crippen molar-refractivity contribution in [3.63, 3.8) is 0 Å². The maximum atomic E-state index is 5.57. The largest absolute Gasteiger partial charge is 0.372 e. The van der Waals surface area contributed by atoms with Gasteiger partial charge >= 0.3 is 0 Å². The van der Waals surface area contributed by atoms with Crippen LogP contribution in [0.4, 0.5) is 0 Å². The van der Waals surface area contributed by atoms with E-state index < -0.39 is 0 Å². The molecule has 3 rings (SSSR count). The lowest BCUT2D eigenvalue weighted by Gasteiger charge is -2.13. The van der Waals surface area contributed by atoms with Crippen LogP contribution in [-0.2, 0) is 4.74 Å². The van der Waals surface area contributed by atoms with Crippen LogP contribution in [-0.4, -0.2) is 7.11 Å². The molecule has 0 fully saturated rings. The Balaban J connectivity index is 2.18. The summed E-state index contributed by atoms with van der Waals surface area (Å²) in [6.45, 7) is 2.13. The minimum atomic E-state index is 0.115. The number of fused-ring (bicyclic) bond motifs is 1. The quantitative estimate of drug-likeness (QED) is 0.748. The monoisotopic (exact) mass is 236 g/mol. The van der Waals surface area contributed by atoms with Crippen molar-refractivity contribution < 1.29 is 4.74 Å². The highest BCUT2D eigenvalue weighted by atomic mass is 16.5. The molecule has 0 aliphatic heterocycles. The molecule has 2 aromatic carbocycles. The van der Waals surface area contributed by atoms with E-state index in [2.05, 4.69) is 55.5 Å². The summed E-state index contributed by atoms with van der Waals surface area (Å²) in [7, 11) is 1.77. The Hall–Kier alpha value is -1.86. The molecule has 0 bridgehead atoms. The summed E-state index contributed by atoms with van der Waals surface area (Å²) in [5.74, 6) is 0. The molecule has 1 aliphatic rings. The predicted octanol–water partition coefficient (Wildman–Crippen LogP) is 4.46. The third kappa shape index (κ3) is 1.68. The van der Waals surface area contributed by atoms with Crippen molar-refractivity contribution in [3.05, 3.63) is 65.2 Å². The number of ether oxygens (including phenoxy) is 1. The van der Waals surface area contributed by atoms with Crippen LogP contribution < -0.4 is 0 Å². The average molecular weight is 236 g/mol. The fourth-order valence-corrected chi connectivity index (χ4v) is 2.70. The van der Waals surface area contributed by atoms with E-state index in [1.165, 1.54) is 27.8 Å². The van der Waals surface area contributed by atoms with E-state index in [4.69, 9.17) is 4.74 Å². The Bertz CT molecular complexity index is 596. The molecule has 1 atom stereocenters. The number of methoxy groups -OCH3 is 1. The molecule has 1 nitrogen and oxygen atoms in total. The SMILES string of the molecule is COC1C(C)=Cc2c(-c3ccccc3)cccc21. The lowest BCUT2D eigenvalue weighted by Crippen LogP contribution is -1.99. The second-order valence-electron chi connectivity index (χ2n) is 4.68. The van der Waals surface area contributed by atoms with Crippen molar-refractivity contribution in [2.45, 2.75) is 13.0 Å². The van der Waals surface area contributed by atoms with E-state index >= 15 is 0 Å². The number of benzene rings is 2. The van der Waals surface area contributed by atoms with Gasteiger partial charge in [-0.2, -0.15) is 0 Å². The minimum absolute atomic E-state index is 0.115. The summed E-state index contributed by atoms with van der Waals surface area (Å²) in [6.07, 6.45) is 2.36. The van der Waals surface area contributed by atoms with Crippen molar-refractivity contribution in [2.75, 3.05) is 7.11 Å². The molecule has 0 saturated carbocycles. The van der Waals surface area contributed by atoms with Gasteiger partial charge in [-0.1, -0.05) is 54.6 Å². The highest BCUT2D eigenvalue weighted by Crippen LogP contribution is 2.40. The van der Waals surface area contributed by atoms with Gasteiger partial charge in [-0.05, 0) is 34.8 Å². The van der Waals surface area contributed by atoms with Crippen LogP contribution in [0.5, 0.6) is 0 Å². The Morgan fingerprint density at radius 2 is 1.72 bits per heavy atom. The summed E-state index contributed by atoms with van der Waals surface area (Å²) >= 11 is 0. The van der Waals surface area contributed by atoms with Crippen LogP contribution in [0.3, 0.4) is 0 Å². The Kier molecular flexibility index (Phi) is 2.77. The third-order valence-electron chi connectivity index (χ3n) is 3.53. The Morgan fingerprint density at radius 1 is 0.944 bits per heavy atom. The average Bonchev–Trinajstić information content (AvgIpc) is 2.74. The zero-order valence-corrected chi connectivity index (χ0v) is 10.7. The van der Waals surface area contributed by atoms with Gasteiger partial charge in [-0.15, -0.1) is 0 Å². The predicted molar refractivity (Wildman–Crippen MR) is 75.3 cm³/mol. The molecule has 0 radical (unpaired) electrons. The third-order valence-corrected chi connectivity index (χ3v) is 3.53. The standard InChI is InChI=1S/C17H16O/c1-12-11-16-14(13-7-4-3-5-8-13)9-6-10-15(16)17(12)18-2/h3-11,17H,1-2H3. The summed E-state index contributed by atoms with van der Waals surface area (Å²) in [5, 5.41) is 0. The van der Waals surface area contributed by atoms with Crippen LogP contribution in [0.2, 0.25) is 0 Å². The van der Waals surface area contributed by atoms with Gasteiger partial charge in [0.05, 0.1) is 0 Å². The van der Waals surface area contributed by atoms with Gasteiger partial charge in [-0.3, -0.25) is 0 Å². The molecule has 0 spiro atoms. The van der Waals surface area contributed by atoms with Gasteiger partial charge in [0.25, 0.3) is 0 Å². The molecule has 0 amide bonds. The zero-order chi connectivity index (χ0) is 12.5. The van der Waals surface area contributed by atoms with Crippen LogP contribution in [0.25, 0.3) is 17.2 Å². The van der Waals surface area contributed by atoms with Crippen molar-refractivity contribution in [1.29, 1.82) is 0 Å².